The summed E-state index contributed by atoms with van der Waals surface area (Å²) < 4.78 is 5.51. The lowest BCUT2D eigenvalue weighted by molar-refractivity contribution is -0.121. The van der Waals surface area contributed by atoms with Crippen molar-refractivity contribution in [2.24, 2.45) is 0 Å². The molecule has 0 unspecified atom stereocenters. The maximum Gasteiger partial charge on any atom is 0.235 e. The average Bonchev–Trinajstić information content (AvgIpc) is 3.43. The van der Waals surface area contributed by atoms with Gasteiger partial charge in [0.15, 0.2) is 0 Å². The van der Waals surface area contributed by atoms with Gasteiger partial charge in [0.05, 0.1) is 18.2 Å². The van der Waals surface area contributed by atoms with Crippen LogP contribution in [-0.2, 0) is 15.0 Å². The Kier molecular flexibility index (Phi) is 4.91. The van der Waals surface area contributed by atoms with E-state index in [-0.39, 0.29) is 11.8 Å². The Bertz CT molecular complexity index is 841. The van der Waals surface area contributed by atoms with E-state index in [0.29, 0.717) is 24.4 Å². The van der Waals surface area contributed by atoms with Crippen molar-refractivity contribution < 1.29 is 14.3 Å². The molecule has 0 atom stereocenters. The van der Waals surface area contributed by atoms with E-state index in [1.807, 2.05) is 29.6 Å². The molecule has 0 radical (unpaired) electrons. The number of rotatable bonds is 5. The molecule has 2 aliphatic rings. The Morgan fingerprint density at radius 1 is 1.22 bits per heavy atom. The highest BCUT2D eigenvalue weighted by molar-refractivity contribution is 7.10. The number of thiophene rings is 1. The van der Waals surface area contributed by atoms with Crippen LogP contribution in [0.3, 0.4) is 0 Å². The molecular formula is C21H24N2O3S. The Morgan fingerprint density at radius 3 is 2.67 bits per heavy atom. The molecule has 1 aliphatic carbocycles. The fraction of sp³-hybridized carbons (Fsp3) is 0.429. The van der Waals surface area contributed by atoms with Crippen LogP contribution in [0.25, 0.3) is 0 Å². The smallest absolute Gasteiger partial charge is 0.235 e. The molecule has 142 valence electrons. The number of carbonyl (C=O) groups excluding carboxylic acids is 2. The third kappa shape index (κ3) is 3.23. The minimum atomic E-state index is -0.426. The Hall–Kier alpha value is -2.34. The highest BCUT2D eigenvalue weighted by Crippen LogP contribution is 2.44. The maximum absolute atomic E-state index is 13.2. The maximum atomic E-state index is 13.2. The first-order chi connectivity index (χ1) is 13.1. The van der Waals surface area contributed by atoms with Crippen molar-refractivity contribution in [3.05, 3.63) is 40.6 Å². The predicted molar refractivity (Wildman–Crippen MR) is 108 cm³/mol. The minimum Gasteiger partial charge on any atom is -0.494 e. The lowest BCUT2D eigenvalue weighted by Gasteiger charge is -2.27. The van der Waals surface area contributed by atoms with E-state index in [4.69, 9.17) is 4.74 Å². The fourth-order valence-corrected chi connectivity index (χ4v) is 5.23. The number of methoxy groups -OCH3 is 1. The van der Waals surface area contributed by atoms with Crippen LogP contribution >= 0.6 is 11.3 Å². The Labute approximate surface area is 163 Å². The van der Waals surface area contributed by atoms with E-state index >= 15 is 0 Å². The summed E-state index contributed by atoms with van der Waals surface area (Å²) >= 11 is 1.66. The molecule has 2 amide bonds. The SMILES string of the molecule is COc1cc(NC(=O)C2(c3cccs3)CCCC2)ccc1N1CCCC1=O. The zero-order chi connectivity index (χ0) is 18.9. The summed E-state index contributed by atoms with van der Waals surface area (Å²) in [5, 5.41) is 5.14. The van der Waals surface area contributed by atoms with E-state index in [2.05, 4.69) is 11.4 Å². The summed E-state index contributed by atoms with van der Waals surface area (Å²) in [4.78, 5) is 28.2. The summed E-state index contributed by atoms with van der Waals surface area (Å²) in [6.45, 7) is 0.711. The van der Waals surface area contributed by atoms with E-state index in [1.54, 1.807) is 23.3 Å². The molecule has 27 heavy (non-hydrogen) atoms. The first-order valence-electron chi connectivity index (χ1n) is 9.48. The summed E-state index contributed by atoms with van der Waals surface area (Å²) in [5.74, 6) is 0.779. The third-order valence-electron chi connectivity index (χ3n) is 5.69. The van der Waals surface area contributed by atoms with Crippen LogP contribution in [0.15, 0.2) is 35.7 Å². The first kappa shape index (κ1) is 18.0. The largest absolute Gasteiger partial charge is 0.494 e. The van der Waals surface area contributed by atoms with Crippen molar-refractivity contribution in [1.29, 1.82) is 0 Å². The minimum absolute atomic E-state index is 0.0505. The van der Waals surface area contributed by atoms with Crippen LogP contribution in [-0.4, -0.2) is 25.5 Å². The molecule has 1 aromatic heterocycles. The van der Waals surface area contributed by atoms with Crippen molar-refractivity contribution >= 4 is 34.5 Å². The van der Waals surface area contributed by atoms with Gasteiger partial charge < -0.3 is 15.0 Å². The molecule has 1 aliphatic heterocycles. The van der Waals surface area contributed by atoms with Crippen molar-refractivity contribution in [2.75, 3.05) is 23.9 Å². The normalized spacial score (nSPS) is 18.7. The van der Waals surface area contributed by atoms with Gasteiger partial charge >= 0.3 is 0 Å². The molecule has 6 heteroatoms. The van der Waals surface area contributed by atoms with E-state index in [9.17, 15) is 9.59 Å². The monoisotopic (exact) mass is 384 g/mol. The second kappa shape index (κ2) is 7.35. The van der Waals surface area contributed by atoms with Gasteiger partial charge in [0, 0.05) is 29.6 Å². The van der Waals surface area contributed by atoms with Crippen LogP contribution in [0.1, 0.15) is 43.4 Å². The standard InChI is InChI=1S/C21H24N2O3S/c1-26-17-14-15(8-9-16(17)23-12-4-7-19(23)24)22-20(25)21(10-2-3-11-21)18-6-5-13-27-18/h5-6,8-9,13-14H,2-4,7,10-12H2,1H3,(H,22,25). The molecule has 1 aromatic carbocycles. The van der Waals surface area contributed by atoms with Crippen LogP contribution in [0.2, 0.25) is 0 Å². The highest BCUT2D eigenvalue weighted by atomic mass is 32.1. The number of nitrogens with one attached hydrogen (secondary N) is 1. The number of amides is 2. The van der Waals surface area contributed by atoms with Crippen molar-refractivity contribution in [2.45, 2.75) is 43.9 Å². The number of nitrogens with zero attached hydrogens (tertiary/aromatic N) is 1. The van der Waals surface area contributed by atoms with Gasteiger partial charge in [0.2, 0.25) is 11.8 Å². The average molecular weight is 385 g/mol. The lowest BCUT2D eigenvalue weighted by atomic mass is 9.83. The summed E-state index contributed by atoms with van der Waals surface area (Å²) in [7, 11) is 1.59. The van der Waals surface area contributed by atoms with Crippen LogP contribution in [0, 0.1) is 0 Å². The molecule has 2 aromatic rings. The fourth-order valence-electron chi connectivity index (χ4n) is 4.25. The van der Waals surface area contributed by atoms with Crippen molar-refractivity contribution in [3.8, 4) is 5.75 Å². The number of hydrogen-bond acceptors (Lipinski definition) is 4. The number of anilines is 2. The van der Waals surface area contributed by atoms with Gasteiger partial charge in [-0.05, 0) is 42.8 Å². The molecular weight excluding hydrogens is 360 g/mol. The molecule has 1 saturated carbocycles. The number of ether oxygens (including phenoxy) is 1. The predicted octanol–water partition coefficient (Wildman–Crippen LogP) is 4.33. The van der Waals surface area contributed by atoms with E-state index in [1.165, 1.54) is 0 Å². The quantitative estimate of drug-likeness (QED) is 0.834. The van der Waals surface area contributed by atoms with Gasteiger partial charge in [-0.1, -0.05) is 18.9 Å². The van der Waals surface area contributed by atoms with Gasteiger partial charge in [0.25, 0.3) is 0 Å². The van der Waals surface area contributed by atoms with Crippen molar-refractivity contribution in [3.63, 3.8) is 0 Å². The van der Waals surface area contributed by atoms with Crippen LogP contribution in [0.5, 0.6) is 5.75 Å². The number of carbonyl (C=O) groups is 2. The zero-order valence-electron chi connectivity index (χ0n) is 15.5. The van der Waals surface area contributed by atoms with E-state index < -0.39 is 5.41 Å². The molecule has 0 bridgehead atoms. The molecule has 2 fully saturated rings. The zero-order valence-corrected chi connectivity index (χ0v) is 16.3. The van der Waals surface area contributed by atoms with E-state index in [0.717, 1.165) is 42.7 Å². The molecule has 2 heterocycles. The molecule has 5 nitrogen and oxygen atoms in total. The van der Waals surface area contributed by atoms with Gasteiger partial charge in [-0.3, -0.25) is 9.59 Å². The van der Waals surface area contributed by atoms with Gasteiger partial charge in [-0.15, -0.1) is 11.3 Å². The van der Waals surface area contributed by atoms with Crippen molar-refractivity contribution in [1.82, 2.24) is 0 Å². The summed E-state index contributed by atoms with van der Waals surface area (Å²) in [6.07, 6.45) is 5.36. The highest BCUT2D eigenvalue weighted by Gasteiger charge is 2.43. The van der Waals surface area contributed by atoms with Gasteiger partial charge in [-0.2, -0.15) is 0 Å². The Morgan fingerprint density at radius 2 is 2.04 bits per heavy atom. The number of benzene rings is 1. The van der Waals surface area contributed by atoms with Gasteiger partial charge in [0.1, 0.15) is 5.75 Å². The second-order valence-electron chi connectivity index (χ2n) is 7.26. The van der Waals surface area contributed by atoms with Crippen LogP contribution in [0.4, 0.5) is 11.4 Å². The number of hydrogen-bond donors (Lipinski definition) is 1. The third-order valence-corrected chi connectivity index (χ3v) is 6.76. The molecule has 1 N–H and O–H groups in total. The lowest BCUT2D eigenvalue weighted by Crippen LogP contribution is -2.37. The summed E-state index contributed by atoms with van der Waals surface area (Å²) in [5.41, 5.74) is 1.05. The molecule has 1 saturated heterocycles. The summed E-state index contributed by atoms with van der Waals surface area (Å²) in [6, 6.07) is 9.62. The van der Waals surface area contributed by atoms with Gasteiger partial charge in [-0.25, -0.2) is 0 Å². The Balaban J connectivity index is 1.59. The molecule has 0 spiro atoms. The first-order valence-corrected chi connectivity index (χ1v) is 10.4. The molecule has 4 rings (SSSR count). The topological polar surface area (TPSA) is 58.6 Å². The second-order valence-corrected chi connectivity index (χ2v) is 8.20. The van der Waals surface area contributed by atoms with Crippen LogP contribution < -0.4 is 15.0 Å².